The fourth-order valence-corrected chi connectivity index (χ4v) is 2.07. The highest BCUT2D eigenvalue weighted by Crippen LogP contribution is 2.12. The fraction of sp³-hybridized carbons (Fsp3) is 0.500. The number of carbonyl (C=O) groups excluding carboxylic acids is 2. The fourth-order valence-electron chi connectivity index (χ4n) is 1.89. The number of hydrogen-bond acceptors (Lipinski definition) is 5. The maximum absolute atomic E-state index is 12.3. The number of rotatable bonds is 8. The monoisotopic (exact) mass is 324 g/mol. The molecule has 0 spiro atoms. The summed E-state index contributed by atoms with van der Waals surface area (Å²) in [4.78, 5) is 23.9. The SMILES string of the molecule is CC(S)N[C@@H](Cc1ccc(O)cc1)C(=O)NCC(=O)C(C)C. The second-order valence-electron chi connectivity index (χ2n) is 5.60. The van der Waals surface area contributed by atoms with Crippen LogP contribution in [0.1, 0.15) is 26.3 Å². The van der Waals surface area contributed by atoms with Gasteiger partial charge in [-0.3, -0.25) is 14.9 Å². The van der Waals surface area contributed by atoms with Crippen LogP contribution in [0.25, 0.3) is 0 Å². The van der Waals surface area contributed by atoms with Crippen LogP contribution in [0, 0.1) is 5.92 Å². The largest absolute Gasteiger partial charge is 0.508 e. The van der Waals surface area contributed by atoms with Gasteiger partial charge >= 0.3 is 0 Å². The van der Waals surface area contributed by atoms with Gasteiger partial charge in [-0.15, -0.1) is 0 Å². The molecule has 0 aromatic heterocycles. The maximum Gasteiger partial charge on any atom is 0.237 e. The van der Waals surface area contributed by atoms with Gasteiger partial charge in [0.25, 0.3) is 0 Å². The summed E-state index contributed by atoms with van der Waals surface area (Å²) in [6, 6.07) is 6.20. The van der Waals surface area contributed by atoms with Gasteiger partial charge in [0.2, 0.25) is 5.91 Å². The molecule has 122 valence electrons. The Balaban J connectivity index is 2.68. The van der Waals surface area contributed by atoms with Gasteiger partial charge in [-0.25, -0.2) is 0 Å². The minimum atomic E-state index is -0.489. The zero-order chi connectivity index (χ0) is 16.7. The first kappa shape index (κ1) is 18.5. The van der Waals surface area contributed by atoms with E-state index in [2.05, 4.69) is 23.3 Å². The predicted octanol–water partition coefficient (Wildman–Crippen LogP) is 1.51. The molecule has 1 unspecified atom stereocenters. The van der Waals surface area contributed by atoms with Crippen molar-refractivity contribution in [3.8, 4) is 5.75 Å². The molecule has 5 nitrogen and oxygen atoms in total. The van der Waals surface area contributed by atoms with E-state index in [1.54, 1.807) is 38.1 Å². The zero-order valence-electron chi connectivity index (χ0n) is 13.2. The Morgan fingerprint density at radius 2 is 1.77 bits per heavy atom. The number of hydrogen-bond donors (Lipinski definition) is 4. The van der Waals surface area contributed by atoms with Crippen LogP contribution in [-0.4, -0.2) is 34.8 Å². The lowest BCUT2D eigenvalue weighted by atomic mass is 10.0. The Labute approximate surface area is 136 Å². The first-order valence-electron chi connectivity index (χ1n) is 7.32. The van der Waals surface area contributed by atoms with E-state index in [0.717, 1.165) is 5.56 Å². The van der Waals surface area contributed by atoms with E-state index in [1.165, 1.54) is 0 Å². The predicted molar refractivity (Wildman–Crippen MR) is 90.0 cm³/mol. The molecule has 22 heavy (non-hydrogen) atoms. The number of nitrogens with one attached hydrogen (secondary N) is 2. The van der Waals surface area contributed by atoms with E-state index < -0.39 is 6.04 Å². The van der Waals surface area contributed by atoms with Crippen LogP contribution in [0.4, 0.5) is 0 Å². The Bertz CT molecular complexity index is 501. The van der Waals surface area contributed by atoms with E-state index in [-0.39, 0.29) is 35.3 Å². The number of aromatic hydroxyl groups is 1. The summed E-state index contributed by atoms with van der Waals surface area (Å²) in [5.74, 6) is -0.158. The van der Waals surface area contributed by atoms with Gasteiger partial charge in [0, 0.05) is 11.3 Å². The lowest BCUT2D eigenvalue weighted by Gasteiger charge is -2.20. The molecule has 1 aromatic carbocycles. The Hall–Kier alpha value is -1.53. The molecule has 0 fully saturated rings. The number of Topliss-reactive ketones (excluding diaryl/α,β-unsaturated/α-hetero) is 1. The van der Waals surface area contributed by atoms with Crippen molar-refractivity contribution in [2.24, 2.45) is 5.92 Å². The molecule has 3 N–H and O–H groups in total. The van der Waals surface area contributed by atoms with Crippen molar-refractivity contribution in [2.45, 2.75) is 38.6 Å². The number of phenols is 1. The molecular formula is C16H24N2O3S. The van der Waals surface area contributed by atoms with Crippen LogP contribution in [0.5, 0.6) is 5.75 Å². The molecule has 0 radical (unpaired) electrons. The van der Waals surface area contributed by atoms with Crippen LogP contribution in [0.2, 0.25) is 0 Å². The molecule has 1 amide bonds. The third-order valence-electron chi connectivity index (χ3n) is 3.22. The van der Waals surface area contributed by atoms with Crippen LogP contribution >= 0.6 is 12.6 Å². The molecule has 2 atom stereocenters. The highest BCUT2D eigenvalue weighted by atomic mass is 32.1. The number of benzene rings is 1. The van der Waals surface area contributed by atoms with Crippen LogP contribution in [-0.2, 0) is 16.0 Å². The van der Waals surface area contributed by atoms with Crippen molar-refractivity contribution < 1.29 is 14.7 Å². The molecule has 0 saturated carbocycles. The summed E-state index contributed by atoms with van der Waals surface area (Å²) in [7, 11) is 0. The highest BCUT2D eigenvalue weighted by molar-refractivity contribution is 7.80. The quantitative estimate of drug-likeness (QED) is 0.432. The van der Waals surface area contributed by atoms with Gasteiger partial charge in [0.15, 0.2) is 5.78 Å². The van der Waals surface area contributed by atoms with E-state index in [0.29, 0.717) is 6.42 Å². The zero-order valence-corrected chi connectivity index (χ0v) is 14.1. The van der Waals surface area contributed by atoms with Crippen LogP contribution in [0.15, 0.2) is 24.3 Å². The lowest BCUT2D eigenvalue weighted by molar-refractivity contribution is -0.127. The van der Waals surface area contributed by atoms with E-state index in [9.17, 15) is 14.7 Å². The second-order valence-corrected chi connectivity index (χ2v) is 6.38. The number of thiol groups is 1. The minimum Gasteiger partial charge on any atom is -0.508 e. The molecule has 0 aliphatic carbocycles. The van der Waals surface area contributed by atoms with E-state index >= 15 is 0 Å². The van der Waals surface area contributed by atoms with Crippen molar-refractivity contribution in [2.75, 3.05) is 6.54 Å². The molecule has 6 heteroatoms. The lowest BCUT2D eigenvalue weighted by Crippen LogP contribution is -2.49. The molecule has 0 heterocycles. The molecular weight excluding hydrogens is 300 g/mol. The van der Waals surface area contributed by atoms with E-state index in [1.807, 2.05) is 6.92 Å². The smallest absolute Gasteiger partial charge is 0.237 e. The molecule has 1 rings (SSSR count). The van der Waals surface area contributed by atoms with Gasteiger partial charge in [0.05, 0.1) is 12.6 Å². The number of amides is 1. The Morgan fingerprint density at radius 3 is 2.27 bits per heavy atom. The van der Waals surface area contributed by atoms with Gasteiger partial charge in [-0.05, 0) is 31.0 Å². The Kier molecular flexibility index (Phi) is 7.41. The molecule has 0 bridgehead atoms. The molecule has 1 aromatic rings. The summed E-state index contributed by atoms with van der Waals surface area (Å²) < 4.78 is 0. The normalized spacial score (nSPS) is 13.7. The van der Waals surface area contributed by atoms with Crippen molar-refractivity contribution in [3.05, 3.63) is 29.8 Å². The number of carbonyl (C=O) groups is 2. The van der Waals surface area contributed by atoms with Gasteiger partial charge in [0.1, 0.15) is 5.75 Å². The number of ketones is 1. The van der Waals surface area contributed by atoms with E-state index in [4.69, 9.17) is 0 Å². The average molecular weight is 324 g/mol. The van der Waals surface area contributed by atoms with Gasteiger partial charge < -0.3 is 10.4 Å². The van der Waals surface area contributed by atoms with Gasteiger partial charge in [-0.2, -0.15) is 12.6 Å². The summed E-state index contributed by atoms with van der Waals surface area (Å²) in [5.41, 5.74) is 0.912. The van der Waals surface area contributed by atoms with Gasteiger partial charge in [-0.1, -0.05) is 26.0 Å². The first-order valence-corrected chi connectivity index (χ1v) is 7.83. The first-order chi connectivity index (χ1) is 10.3. The highest BCUT2D eigenvalue weighted by Gasteiger charge is 2.20. The topological polar surface area (TPSA) is 78.4 Å². The summed E-state index contributed by atoms with van der Waals surface area (Å²) in [6.07, 6.45) is 0.451. The summed E-state index contributed by atoms with van der Waals surface area (Å²) >= 11 is 4.26. The van der Waals surface area contributed by atoms with Crippen molar-refractivity contribution >= 4 is 24.3 Å². The van der Waals surface area contributed by atoms with Crippen LogP contribution in [0.3, 0.4) is 0 Å². The summed E-state index contributed by atoms with van der Waals surface area (Å²) in [5, 5.41) is 14.9. The minimum absolute atomic E-state index is 0.00402. The third-order valence-corrected chi connectivity index (χ3v) is 3.36. The summed E-state index contributed by atoms with van der Waals surface area (Å²) in [6.45, 7) is 5.47. The second kappa shape index (κ2) is 8.80. The van der Waals surface area contributed by atoms with Crippen LogP contribution < -0.4 is 10.6 Å². The third kappa shape index (κ3) is 6.49. The molecule has 0 aliphatic heterocycles. The van der Waals surface area contributed by atoms with Crippen molar-refractivity contribution in [1.29, 1.82) is 0 Å². The standard InChI is InChI=1S/C16H24N2O3S/c1-10(2)15(20)9-17-16(21)14(18-11(3)22)8-12-4-6-13(19)7-5-12/h4-7,10-11,14,18-19,22H,8-9H2,1-3H3,(H,17,21)/t11?,14-/m0/s1. The number of phenolic OH excluding ortho intramolecular Hbond substituents is 1. The van der Waals surface area contributed by atoms with Crippen molar-refractivity contribution in [3.63, 3.8) is 0 Å². The average Bonchev–Trinajstić information content (AvgIpc) is 2.45. The Morgan fingerprint density at radius 1 is 1.18 bits per heavy atom. The molecule has 0 aliphatic rings. The maximum atomic E-state index is 12.3. The van der Waals surface area contributed by atoms with Crippen molar-refractivity contribution in [1.82, 2.24) is 10.6 Å². The molecule has 0 saturated heterocycles.